The summed E-state index contributed by atoms with van der Waals surface area (Å²) in [6, 6.07) is 8.10. The molecule has 1 aromatic heterocycles. The molecule has 76 valence electrons. The molecule has 0 aliphatic heterocycles. The quantitative estimate of drug-likeness (QED) is 0.638. The molecule has 0 spiro atoms. The van der Waals surface area contributed by atoms with Gasteiger partial charge in [0.1, 0.15) is 0 Å². The molecule has 2 heteroatoms. The fourth-order valence-corrected chi connectivity index (χ4v) is 1.49. The van der Waals surface area contributed by atoms with E-state index >= 15 is 0 Å². The monoisotopic (exact) mass is 363 g/mol. The summed E-state index contributed by atoms with van der Waals surface area (Å²) in [5.74, 6) is 0. The fraction of sp³-hybridized carbons (Fsp3) is 0. The van der Waals surface area contributed by atoms with Crippen LogP contribution in [0.15, 0.2) is 24.3 Å². The minimum atomic E-state index is 0. The molecule has 0 N–H and O–H groups in total. The largest absolute Gasteiger partial charge is 0.828 e. The Morgan fingerprint density at radius 3 is 1.71 bits per heavy atom. The summed E-state index contributed by atoms with van der Waals surface area (Å²) in [5.41, 5.74) is 0. The summed E-state index contributed by atoms with van der Waals surface area (Å²) in [5, 5.41) is 4.16. The molecule has 0 fully saturated rings. The van der Waals surface area contributed by atoms with E-state index < -0.39 is 0 Å². The van der Waals surface area contributed by atoms with Gasteiger partial charge in [0.2, 0.25) is 0 Å². The van der Waals surface area contributed by atoms with Crippen LogP contribution in [0.25, 0.3) is 22.9 Å². The third-order valence-corrected chi connectivity index (χ3v) is 2.11. The maximum atomic E-state index is 4.39. The van der Waals surface area contributed by atoms with E-state index in [1.165, 1.54) is 0 Å². The maximum Gasteiger partial charge on any atom is 0 e. The standard InChI is InChI=1S/C12H10N.Pt/c1-3-11-9-7-5-6-8-10(9)12(4-2)13-11;/h3-8H,1-2H2;/q-3;. The summed E-state index contributed by atoms with van der Waals surface area (Å²) in [6.45, 7) is 7.46. The average molecular weight is 363 g/mol. The van der Waals surface area contributed by atoms with Crippen LogP contribution in [0.1, 0.15) is 0 Å². The van der Waals surface area contributed by atoms with Crippen LogP contribution in [0.3, 0.4) is 0 Å². The molecule has 0 saturated heterocycles. The van der Waals surface area contributed by atoms with Crippen LogP contribution in [-0.4, -0.2) is 0 Å². The molecule has 0 atom stereocenters. The zero-order valence-electron chi connectivity index (χ0n) is 7.64. The van der Waals surface area contributed by atoms with Gasteiger partial charge in [0.15, 0.2) is 0 Å². The summed E-state index contributed by atoms with van der Waals surface area (Å²) < 4.78 is 0. The molecule has 0 amide bonds. The molecule has 1 nitrogen and oxygen atoms in total. The number of hydrogen-bond donors (Lipinski definition) is 0. The van der Waals surface area contributed by atoms with Crippen LogP contribution >= 0.6 is 0 Å². The first kappa shape index (κ1) is 11.0. The number of aromatic nitrogens is 1. The Hall–Kier alpha value is -1.07. The molecular formula is C12H10NPt-3. The zero-order valence-corrected chi connectivity index (χ0v) is 9.91. The Morgan fingerprint density at radius 2 is 1.36 bits per heavy atom. The van der Waals surface area contributed by atoms with Gasteiger partial charge in [0.05, 0.1) is 0 Å². The molecule has 2 rings (SSSR count). The van der Waals surface area contributed by atoms with Crippen molar-refractivity contribution in [2.24, 2.45) is 0 Å². The van der Waals surface area contributed by atoms with Crippen molar-refractivity contribution < 1.29 is 21.1 Å². The summed E-state index contributed by atoms with van der Waals surface area (Å²) in [7, 11) is 0. The summed E-state index contributed by atoms with van der Waals surface area (Å²) >= 11 is 0. The van der Waals surface area contributed by atoms with Gasteiger partial charge < -0.3 is 15.7 Å². The predicted octanol–water partition coefficient (Wildman–Crippen LogP) is 1.02. The van der Waals surface area contributed by atoms with Crippen LogP contribution in [0, 0.1) is 13.8 Å². The molecule has 2 aromatic rings. The first-order chi connectivity index (χ1) is 6.36. The van der Waals surface area contributed by atoms with Crippen molar-refractivity contribution in [3.05, 3.63) is 48.8 Å². The molecule has 0 bridgehead atoms. The Morgan fingerprint density at radius 1 is 0.929 bits per heavy atom. The third-order valence-electron chi connectivity index (χ3n) is 2.11. The van der Waals surface area contributed by atoms with E-state index in [9.17, 15) is 0 Å². The van der Waals surface area contributed by atoms with Gasteiger partial charge in [-0.1, -0.05) is 24.3 Å². The number of hydrogen-bond acceptors (Lipinski definition) is 0. The van der Waals surface area contributed by atoms with Crippen molar-refractivity contribution >= 4 is 22.9 Å². The van der Waals surface area contributed by atoms with Crippen molar-refractivity contribution in [2.45, 2.75) is 0 Å². The van der Waals surface area contributed by atoms with E-state index in [0.29, 0.717) is 0 Å². The van der Waals surface area contributed by atoms with Crippen molar-refractivity contribution in [2.75, 3.05) is 0 Å². The second kappa shape index (κ2) is 4.43. The van der Waals surface area contributed by atoms with Crippen molar-refractivity contribution in [3.8, 4) is 0 Å². The van der Waals surface area contributed by atoms with Crippen LogP contribution in [0.4, 0.5) is 0 Å². The van der Waals surface area contributed by atoms with Gasteiger partial charge in [-0.2, -0.15) is 0 Å². The van der Waals surface area contributed by atoms with E-state index in [1.54, 1.807) is 12.2 Å². The molecule has 14 heavy (non-hydrogen) atoms. The molecule has 0 aliphatic carbocycles. The Kier molecular flexibility index (Phi) is 3.48. The van der Waals surface area contributed by atoms with Gasteiger partial charge in [-0.05, 0) is 0 Å². The molecule has 0 radical (unpaired) electrons. The number of rotatable bonds is 0. The van der Waals surface area contributed by atoms with E-state index in [4.69, 9.17) is 0 Å². The van der Waals surface area contributed by atoms with Gasteiger partial charge >= 0.3 is 0 Å². The smallest absolute Gasteiger partial charge is 0 e. The third kappa shape index (κ3) is 1.60. The SMILES string of the molecule is [CH2-]C=c1[n-]c(=C[CH2-])c2ccccc12.[Pt]. The zero-order chi connectivity index (χ0) is 9.26. The first-order valence-electron chi connectivity index (χ1n) is 4.17. The van der Waals surface area contributed by atoms with Gasteiger partial charge in [-0.3, -0.25) is 0 Å². The number of fused-ring (bicyclic) bond motifs is 1. The van der Waals surface area contributed by atoms with Crippen molar-refractivity contribution in [1.29, 1.82) is 0 Å². The van der Waals surface area contributed by atoms with Crippen LogP contribution in [0.2, 0.25) is 0 Å². The van der Waals surface area contributed by atoms with Gasteiger partial charge in [-0.15, -0.1) is 10.8 Å². The molecule has 0 aliphatic rings. The van der Waals surface area contributed by atoms with Crippen molar-refractivity contribution in [3.63, 3.8) is 0 Å². The van der Waals surface area contributed by atoms with Gasteiger partial charge in [-0.25, -0.2) is 26.0 Å². The topological polar surface area (TPSA) is 14.1 Å². The van der Waals surface area contributed by atoms with Crippen LogP contribution < -0.4 is 15.7 Å². The van der Waals surface area contributed by atoms with Crippen LogP contribution in [0.5, 0.6) is 0 Å². The molecule has 0 unspecified atom stereocenters. The molecular weight excluding hydrogens is 353 g/mol. The number of benzene rings is 1. The second-order valence-electron chi connectivity index (χ2n) is 2.84. The minimum absolute atomic E-state index is 0. The van der Waals surface area contributed by atoms with E-state index in [1.807, 2.05) is 24.3 Å². The minimum Gasteiger partial charge on any atom is -0.828 e. The van der Waals surface area contributed by atoms with Crippen molar-refractivity contribution in [1.82, 2.24) is 4.98 Å². The molecule has 1 aromatic carbocycles. The normalized spacial score (nSPS) is 13.1. The van der Waals surface area contributed by atoms with E-state index in [-0.39, 0.29) is 21.1 Å². The van der Waals surface area contributed by atoms with Gasteiger partial charge in [0, 0.05) is 21.1 Å². The average Bonchev–Trinajstić information content (AvgIpc) is 2.56. The first-order valence-corrected chi connectivity index (χ1v) is 4.17. The summed E-state index contributed by atoms with van der Waals surface area (Å²) in [4.78, 5) is 4.39. The number of nitrogens with zero attached hydrogens (tertiary/aromatic N) is 1. The van der Waals surface area contributed by atoms with Gasteiger partial charge in [0.25, 0.3) is 0 Å². The van der Waals surface area contributed by atoms with E-state index in [0.717, 1.165) is 21.5 Å². The predicted molar refractivity (Wildman–Crippen MR) is 56.2 cm³/mol. The molecule has 1 heterocycles. The second-order valence-corrected chi connectivity index (χ2v) is 2.84. The van der Waals surface area contributed by atoms with E-state index in [2.05, 4.69) is 18.8 Å². The Balaban J connectivity index is 0.000000980. The van der Waals surface area contributed by atoms with Crippen LogP contribution in [-0.2, 0) is 21.1 Å². The molecule has 0 saturated carbocycles. The Bertz CT molecular complexity index is 489. The summed E-state index contributed by atoms with van der Waals surface area (Å²) in [6.07, 6.45) is 3.55. The fourth-order valence-electron chi connectivity index (χ4n) is 1.49. The maximum absolute atomic E-state index is 4.39. The Labute approximate surface area is 97.8 Å².